The van der Waals surface area contributed by atoms with E-state index in [0.29, 0.717) is 11.4 Å². The van der Waals surface area contributed by atoms with Crippen LogP contribution in [0.3, 0.4) is 0 Å². The number of fused-ring (bicyclic) bond motifs is 2. The molecule has 3 nitrogen and oxygen atoms in total. The Morgan fingerprint density at radius 2 is 1.50 bits per heavy atom. The summed E-state index contributed by atoms with van der Waals surface area (Å²) in [6.07, 6.45) is -4.54. The second kappa shape index (κ2) is 7.07. The Morgan fingerprint density at radius 3 is 2.07 bits per heavy atom. The maximum Gasteiger partial charge on any atom is 0.416 e. The van der Waals surface area contributed by atoms with E-state index in [1.807, 2.05) is 24.3 Å². The van der Waals surface area contributed by atoms with Gasteiger partial charge in [-0.2, -0.15) is 13.2 Å². The quantitative estimate of drug-likeness (QED) is 0.451. The second-order valence-electron chi connectivity index (χ2n) is 6.00. The molecule has 1 N–H and O–H groups in total. The molecule has 142 valence electrons. The molecule has 0 spiro atoms. The fourth-order valence-corrected chi connectivity index (χ4v) is 4.11. The van der Waals surface area contributed by atoms with Gasteiger partial charge >= 0.3 is 12.2 Å². The zero-order chi connectivity index (χ0) is 19.9. The first-order valence-electron chi connectivity index (χ1n) is 8.18. The van der Waals surface area contributed by atoms with Crippen LogP contribution < -0.4 is 10.2 Å². The van der Waals surface area contributed by atoms with Crippen molar-refractivity contribution in [3.05, 3.63) is 77.3 Å². The van der Waals surface area contributed by atoms with E-state index in [4.69, 9.17) is 11.6 Å². The normalized spacial score (nSPS) is 12.9. The number of carbonyl (C=O) groups excluding carboxylic acids is 1. The molecule has 0 fully saturated rings. The van der Waals surface area contributed by atoms with Gasteiger partial charge in [-0.25, -0.2) is 4.79 Å². The summed E-state index contributed by atoms with van der Waals surface area (Å²) in [6, 6.07) is 16.9. The topological polar surface area (TPSA) is 32.3 Å². The van der Waals surface area contributed by atoms with Crippen molar-refractivity contribution >= 4 is 46.5 Å². The first kappa shape index (κ1) is 18.7. The number of nitrogens with one attached hydrogen (secondary N) is 1. The molecule has 4 rings (SSSR count). The number of para-hydroxylation sites is 2. The number of alkyl halides is 3. The molecule has 3 aromatic carbocycles. The van der Waals surface area contributed by atoms with Gasteiger partial charge in [-0.3, -0.25) is 4.90 Å². The SMILES string of the molecule is O=C(Nc1cc(C(F)(F)F)ccc1Cl)N1c2ccccc2Sc2ccccc21. The third-order valence-electron chi connectivity index (χ3n) is 4.17. The van der Waals surface area contributed by atoms with Crippen LogP contribution in [0.15, 0.2) is 76.5 Å². The molecule has 0 saturated carbocycles. The zero-order valence-electron chi connectivity index (χ0n) is 14.1. The number of hydrogen-bond acceptors (Lipinski definition) is 2. The van der Waals surface area contributed by atoms with E-state index >= 15 is 0 Å². The Hall–Kier alpha value is -2.64. The van der Waals surface area contributed by atoms with Gasteiger partial charge in [-0.1, -0.05) is 47.6 Å². The fraction of sp³-hybridized carbons (Fsp3) is 0.0500. The Kier molecular flexibility index (Phi) is 4.72. The number of amides is 2. The van der Waals surface area contributed by atoms with Crippen molar-refractivity contribution in [1.29, 1.82) is 0 Å². The van der Waals surface area contributed by atoms with Gasteiger partial charge in [0.05, 0.1) is 27.6 Å². The fourth-order valence-electron chi connectivity index (χ4n) is 2.89. The van der Waals surface area contributed by atoms with Crippen LogP contribution >= 0.6 is 23.4 Å². The predicted octanol–water partition coefficient (Wildman–Crippen LogP) is 7.19. The van der Waals surface area contributed by atoms with Crippen LogP contribution in [0.1, 0.15) is 5.56 Å². The molecular formula is C20H12ClF3N2OS. The number of rotatable bonds is 1. The lowest BCUT2D eigenvalue weighted by atomic mass is 10.2. The number of anilines is 3. The summed E-state index contributed by atoms with van der Waals surface area (Å²) < 4.78 is 39.1. The number of halogens is 4. The van der Waals surface area contributed by atoms with Crippen LogP contribution in [0.25, 0.3) is 0 Å². The van der Waals surface area contributed by atoms with Crippen molar-refractivity contribution in [2.75, 3.05) is 10.2 Å². The van der Waals surface area contributed by atoms with Crippen LogP contribution in [0.5, 0.6) is 0 Å². The highest BCUT2D eigenvalue weighted by Gasteiger charge is 2.32. The van der Waals surface area contributed by atoms with Gasteiger partial charge in [0.2, 0.25) is 0 Å². The minimum absolute atomic E-state index is 0.0225. The number of benzene rings is 3. The number of nitrogens with zero attached hydrogens (tertiary/aromatic N) is 1. The summed E-state index contributed by atoms with van der Waals surface area (Å²) in [7, 11) is 0. The van der Waals surface area contributed by atoms with Gasteiger partial charge < -0.3 is 5.32 Å². The Labute approximate surface area is 168 Å². The molecule has 0 aromatic heterocycles. The van der Waals surface area contributed by atoms with Crippen molar-refractivity contribution in [3.63, 3.8) is 0 Å². The van der Waals surface area contributed by atoms with Gasteiger partial charge in [0, 0.05) is 9.79 Å². The molecule has 2 amide bonds. The van der Waals surface area contributed by atoms with E-state index < -0.39 is 17.8 Å². The zero-order valence-corrected chi connectivity index (χ0v) is 15.7. The van der Waals surface area contributed by atoms with Gasteiger partial charge in [-0.05, 0) is 42.5 Å². The minimum atomic E-state index is -4.54. The summed E-state index contributed by atoms with van der Waals surface area (Å²) in [5.74, 6) is 0. The summed E-state index contributed by atoms with van der Waals surface area (Å²) in [5.41, 5.74) is 0.301. The molecule has 0 unspecified atom stereocenters. The van der Waals surface area contributed by atoms with Crippen LogP contribution in [0.4, 0.5) is 35.0 Å². The summed E-state index contributed by atoms with van der Waals surface area (Å²) in [5, 5.41) is 2.54. The third-order valence-corrected chi connectivity index (χ3v) is 5.63. The monoisotopic (exact) mass is 420 g/mol. The molecule has 0 atom stereocenters. The second-order valence-corrected chi connectivity index (χ2v) is 7.49. The standard InChI is InChI=1S/C20H12ClF3N2OS/c21-13-10-9-12(20(22,23)24)11-14(13)25-19(27)26-15-5-1-3-7-17(15)28-18-8-4-2-6-16(18)26/h1-11H,(H,25,27). The summed E-state index contributed by atoms with van der Waals surface area (Å²) >= 11 is 7.55. The van der Waals surface area contributed by atoms with Gasteiger partial charge in [-0.15, -0.1) is 0 Å². The van der Waals surface area contributed by atoms with Gasteiger partial charge in [0.25, 0.3) is 0 Å². The van der Waals surface area contributed by atoms with E-state index in [2.05, 4.69) is 5.32 Å². The number of carbonyl (C=O) groups is 1. The Morgan fingerprint density at radius 1 is 0.929 bits per heavy atom. The first-order valence-corrected chi connectivity index (χ1v) is 9.38. The van der Waals surface area contributed by atoms with Crippen LogP contribution in [-0.4, -0.2) is 6.03 Å². The summed E-state index contributed by atoms with van der Waals surface area (Å²) in [4.78, 5) is 16.2. The first-order chi connectivity index (χ1) is 13.3. The van der Waals surface area contributed by atoms with Crippen molar-refractivity contribution in [2.24, 2.45) is 0 Å². The van der Waals surface area contributed by atoms with E-state index in [0.717, 1.165) is 28.0 Å². The van der Waals surface area contributed by atoms with E-state index in [-0.39, 0.29) is 10.7 Å². The van der Waals surface area contributed by atoms with Crippen molar-refractivity contribution in [1.82, 2.24) is 0 Å². The average molecular weight is 421 g/mol. The summed E-state index contributed by atoms with van der Waals surface area (Å²) in [6.45, 7) is 0. The molecule has 1 aliphatic rings. The lowest BCUT2D eigenvalue weighted by Gasteiger charge is -2.31. The molecule has 1 aliphatic heterocycles. The molecule has 0 bridgehead atoms. The number of hydrogen-bond donors (Lipinski definition) is 1. The minimum Gasteiger partial charge on any atom is -0.306 e. The predicted molar refractivity (Wildman–Crippen MR) is 105 cm³/mol. The van der Waals surface area contributed by atoms with Crippen molar-refractivity contribution < 1.29 is 18.0 Å². The molecule has 0 radical (unpaired) electrons. The van der Waals surface area contributed by atoms with Crippen LogP contribution in [-0.2, 0) is 6.18 Å². The lowest BCUT2D eigenvalue weighted by Crippen LogP contribution is -2.32. The maximum atomic E-state index is 13.1. The maximum absolute atomic E-state index is 13.1. The third kappa shape index (κ3) is 3.43. The Bertz CT molecular complexity index is 1030. The van der Waals surface area contributed by atoms with E-state index in [9.17, 15) is 18.0 Å². The van der Waals surface area contributed by atoms with Gasteiger partial charge in [0.1, 0.15) is 0 Å². The highest BCUT2D eigenvalue weighted by molar-refractivity contribution is 7.99. The molecule has 0 saturated heterocycles. The highest BCUT2D eigenvalue weighted by atomic mass is 35.5. The molecule has 3 aromatic rings. The van der Waals surface area contributed by atoms with Crippen LogP contribution in [0.2, 0.25) is 5.02 Å². The van der Waals surface area contributed by atoms with Crippen LogP contribution in [0, 0.1) is 0 Å². The van der Waals surface area contributed by atoms with Crippen molar-refractivity contribution in [3.8, 4) is 0 Å². The van der Waals surface area contributed by atoms with Gasteiger partial charge in [0.15, 0.2) is 0 Å². The largest absolute Gasteiger partial charge is 0.416 e. The number of urea groups is 1. The van der Waals surface area contributed by atoms with E-state index in [1.165, 1.54) is 16.7 Å². The highest BCUT2D eigenvalue weighted by Crippen LogP contribution is 2.48. The lowest BCUT2D eigenvalue weighted by molar-refractivity contribution is -0.137. The average Bonchev–Trinajstić information content (AvgIpc) is 2.66. The molecular weight excluding hydrogens is 409 g/mol. The van der Waals surface area contributed by atoms with Crippen molar-refractivity contribution in [2.45, 2.75) is 16.0 Å². The molecule has 1 heterocycles. The van der Waals surface area contributed by atoms with E-state index in [1.54, 1.807) is 24.3 Å². The Balaban J connectivity index is 1.74. The smallest absolute Gasteiger partial charge is 0.306 e. The molecule has 8 heteroatoms. The molecule has 28 heavy (non-hydrogen) atoms. The molecule has 0 aliphatic carbocycles.